The van der Waals surface area contributed by atoms with Gasteiger partial charge < -0.3 is 14.6 Å². The first kappa shape index (κ1) is 18.9. The second-order valence-electron chi connectivity index (χ2n) is 9.88. The summed E-state index contributed by atoms with van der Waals surface area (Å²) in [7, 11) is 0. The van der Waals surface area contributed by atoms with Crippen LogP contribution >= 0.6 is 0 Å². The number of hydrogen-bond donors (Lipinski definition) is 1. The Hall–Kier alpha value is -0.450. The number of rotatable bonds is 4. The quantitative estimate of drug-likeness (QED) is 0.821. The Labute approximate surface area is 158 Å². The number of carbonyl (C=O) groups excluding carboxylic acids is 1. The summed E-state index contributed by atoms with van der Waals surface area (Å²) in [5.74, 6) is 2.50. The van der Waals surface area contributed by atoms with Crippen LogP contribution in [-0.4, -0.2) is 36.0 Å². The summed E-state index contributed by atoms with van der Waals surface area (Å²) in [6.45, 7) is 7.75. The zero-order valence-electron chi connectivity index (χ0n) is 16.7. The van der Waals surface area contributed by atoms with E-state index in [1.807, 2.05) is 13.8 Å². The van der Waals surface area contributed by atoms with Crippen LogP contribution in [0.2, 0.25) is 0 Å². The summed E-state index contributed by atoms with van der Waals surface area (Å²) >= 11 is 0. The second-order valence-corrected chi connectivity index (χ2v) is 9.88. The topological polar surface area (TPSA) is 55.8 Å². The third-order valence-corrected chi connectivity index (χ3v) is 8.61. The van der Waals surface area contributed by atoms with E-state index in [0.717, 1.165) is 38.5 Å². The van der Waals surface area contributed by atoms with Crippen molar-refractivity contribution < 1.29 is 19.4 Å². The van der Waals surface area contributed by atoms with Gasteiger partial charge in [0, 0.05) is 18.8 Å². The van der Waals surface area contributed by atoms with Crippen molar-refractivity contribution >= 4 is 5.78 Å². The van der Waals surface area contributed by atoms with E-state index in [0.29, 0.717) is 42.7 Å². The van der Waals surface area contributed by atoms with Gasteiger partial charge in [0.2, 0.25) is 0 Å². The molecule has 1 saturated heterocycles. The Morgan fingerprint density at radius 3 is 2.54 bits per heavy atom. The van der Waals surface area contributed by atoms with E-state index in [2.05, 4.69) is 6.92 Å². The van der Waals surface area contributed by atoms with Crippen LogP contribution in [0.1, 0.15) is 72.1 Å². The summed E-state index contributed by atoms with van der Waals surface area (Å²) in [6, 6.07) is 0. The normalized spacial score (nSPS) is 46.0. The van der Waals surface area contributed by atoms with Crippen molar-refractivity contribution in [3.05, 3.63) is 0 Å². The fraction of sp³-hybridized carbons (Fsp3) is 0.955. The minimum Gasteiger partial charge on any atom is -0.393 e. The second kappa shape index (κ2) is 6.86. The van der Waals surface area contributed by atoms with Crippen LogP contribution in [0, 0.1) is 35.0 Å². The van der Waals surface area contributed by atoms with Gasteiger partial charge in [0.05, 0.1) is 19.3 Å². The molecule has 1 heterocycles. The van der Waals surface area contributed by atoms with E-state index in [9.17, 15) is 9.90 Å². The molecule has 5 unspecified atom stereocenters. The molecule has 0 spiro atoms. The summed E-state index contributed by atoms with van der Waals surface area (Å²) in [4.78, 5) is 12.8. The maximum Gasteiger partial charge on any atom is 0.165 e. The lowest BCUT2D eigenvalue weighted by Crippen LogP contribution is -2.49. The Balaban J connectivity index is 1.48. The van der Waals surface area contributed by atoms with Gasteiger partial charge in [0.25, 0.3) is 0 Å². The van der Waals surface area contributed by atoms with Gasteiger partial charge >= 0.3 is 0 Å². The van der Waals surface area contributed by atoms with Gasteiger partial charge in [-0.2, -0.15) is 0 Å². The Morgan fingerprint density at radius 1 is 1.12 bits per heavy atom. The monoisotopic (exact) mass is 364 g/mol. The van der Waals surface area contributed by atoms with Crippen LogP contribution in [0.25, 0.3) is 0 Å². The van der Waals surface area contributed by atoms with Gasteiger partial charge in [-0.25, -0.2) is 0 Å². The molecule has 4 nitrogen and oxygen atoms in total. The first-order chi connectivity index (χ1) is 12.3. The Morgan fingerprint density at radius 2 is 1.85 bits per heavy atom. The number of ketones is 1. The molecule has 0 radical (unpaired) electrons. The third-order valence-electron chi connectivity index (χ3n) is 8.61. The molecule has 3 aliphatic carbocycles. The van der Waals surface area contributed by atoms with Crippen LogP contribution in [0.3, 0.4) is 0 Å². The molecule has 1 N–H and O–H groups in total. The van der Waals surface area contributed by atoms with E-state index in [1.54, 1.807) is 0 Å². The zero-order valence-corrected chi connectivity index (χ0v) is 16.7. The third kappa shape index (κ3) is 3.06. The van der Waals surface area contributed by atoms with Crippen molar-refractivity contribution in [3.8, 4) is 0 Å². The average Bonchev–Trinajstić information content (AvgIpc) is 3.17. The van der Waals surface area contributed by atoms with E-state index in [-0.39, 0.29) is 17.4 Å². The first-order valence-corrected chi connectivity index (χ1v) is 10.8. The Bertz CT molecular complexity index is 538. The van der Waals surface area contributed by atoms with E-state index in [1.165, 1.54) is 12.8 Å². The molecule has 0 bridgehead atoms. The lowest BCUT2D eigenvalue weighted by Gasteiger charge is -2.53. The number of aliphatic hydroxyl groups excluding tert-OH is 1. The lowest BCUT2D eigenvalue weighted by atomic mass is 9.52. The molecule has 0 aromatic rings. The molecular formula is C22H36O4. The van der Waals surface area contributed by atoms with Crippen molar-refractivity contribution in [1.82, 2.24) is 0 Å². The van der Waals surface area contributed by atoms with Crippen molar-refractivity contribution in [1.29, 1.82) is 0 Å². The zero-order chi connectivity index (χ0) is 18.5. The largest absolute Gasteiger partial charge is 0.393 e. The molecular weight excluding hydrogens is 328 g/mol. The molecule has 7 atom stereocenters. The standard InChI is InChI=1S/C22H36O4/c1-14(23)18-5-6-19-16-4-7-20(24)17(15(16)8-10-21(18,19)2)9-11-22(3)25-12-13-26-22/h14-19,23H,4-13H2,1-3H3/t14?,15?,16?,17?,18-,19?,21-/m0/s1. The first-order valence-electron chi connectivity index (χ1n) is 10.8. The van der Waals surface area contributed by atoms with E-state index >= 15 is 0 Å². The van der Waals surface area contributed by atoms with Gasteiger partial charge in [0.15, 0.2) is 5.79 Å². The molecule has 1 aliphatic heterocycles. The van der Waals surface area contributed by atoms with Gasteiger partial charge in [-0.15, -0.1) is 0 Å². The molecule has 4 rings (SSSR count). The number of fused-ring (bicyclic) bond motifs is 3. The molecule has 0 amide bonds. The molecule has 4 aliphatic rings. The Kier molecular flexibility index (Phi) is 4.98. The fourth-order valence-electron chi connectivity index (χ4n) is 7.29. The SMILES string of the molecule is CC(O)[C@@H]1CCC2C3CCC(=O)C(CCC4(C)OCCO4)C3CC[C@]21C. The van der Waals surface area contributed by atoms with E-state index in [4.69, 9.17) is 9.47 Å². The highest BCUT2D eigenvalue weighted by Crippen LogP contribution is 2.63. The van der Waals surface area contributed by atoms with Crippen LogP contribution in [0.5, 0.6) is 0 Å². The number of aliphatic hydroxyl groups is 1. The molecule has 3 saturated carbocycles. The minimum atomic E-state index is -0.485. The van der Waals surface area contributed by atoms with Crippen LogP contribution in [-0.2, 0) is 14.3 Å². The maximum absolute atomic E-state index is 12.8. The van der Waals surface area contributed by atoms with Gasteiger partial charge in [0.1, 0.15) is 5.78 Å². The average molecular weight is 365 g/mol. The van der Waals surface area contributed by atoms with Crippen LogP contribution in [0.15, 0.2) is 0 Å². The summed E-state index contributed by atoms with van der Waals surface area (Å²) in [5, 5.41) is 10.3. The van der Waals surface area contributed by atoms with Gasteiger partial charge in [-0.1, -0.05) is 6.92 Å². The number of carbonyl (C=O) groups is 1. The maximum atomic E-state index is 12.8. The fourth-order valence-corrected chi connectivity index (χ4v) is 7.29. The van der Waals surface area contributed by atoms with Crippen molar-refractivity contribution in [3.63, 3.8) is 0 Å². The molecule has 4 fully saturated rings. The van der Waals surface area contributed by atoms with Crippen molar-refractivity contribution in [2.45, 2.75) is 84.0 Å². The number of hydrogen-bond acceptors (Lipinski definition) is 4. The van der Waals surface area contributed by atoms with Crippen LogP contribution < -0.4 is 0 Å². The van der Waals surface area contributed by atoms with Crippen molar-refractivity contribution in [2.24, 2.45) is 35.0 Å². The lowest BCUT2D eigenvalue weighted by molar-refractivity contribution is -0.156. The molecule has 0 aromatic carbocycles. The highest BCUT2D eigenvalue weighted by Gasteiger charge is 2.57. The summed E-state index contributed by atoms with van der Waals surface area (Å²) < 4.78 is 11.5. The molecule has 4 heteroatoms. The van der Waals surface area contributed by atoms with Gasteiger partial charge in [-0.3, -0.25) is 4.79 Å². The summed E-state index contributed by atoms with van der Waals surface area (Å²) in [5.41, 5.74) is 0.268. The smallest absolute Gasteiger partial charge is 0.165 e. The van der Waals surface area contributed by atoms with Crippen molar-refractivity contribution in [2.75, 3.05) is 13.2 Å². The molecule has 26 heavy (non-hydrogen) atoms. The predicted molar refractivity (Wildman–Crippen MR) is 99.5 cm³/mol. The van der Waals surface area contributed by atoms with Crippen LogP contribution in [0.4, 0.5) is 0 Å². The summed E-state index contributed by atoms with van der Waals surface area (Å²) in [6.07, 6.45) is 8.04. The molecule has 0 aromatic heterocycles. The predicted octanol–water partition coefficient (Wildman–Crippen LogP) is 3.95. The highest BCUT2D eigenvalue weighted by molar-refractivity contribution is 5.82. The number of ether oxygens (including phenoxy) is 2. The molecule has 148 valence electrons. The highest BCUT2D eigenvalue weighted by atomic mass is 16.7. The minimum absolute atomic E-state index is 0.188. The van der Waals surface area contributed by atoms with E-state index < -0.39 is 5.79 Å². The van der Waals surface area contributed by atoms with Gasteiger partial charge in [-0.05, 0) is 81.5 Å². The number of Topliss-reactive ketones (excluding diaryl/α,β-unsaturated/α-hetero) is 1.